The van der Waals surface area contributed by atoms with Crippen molar-refractivity contribution in [1.82, 2.24) is 0 Å². The maximum absolute atomic E-state index is 5.89. The smallest absolute Gasteiger partial charge is 0.0548 e. The lowest BCUT2D eigenvalue weighted by Gasteiger charge is -2.49. The first-order valence-electron chi connectivity index (χ1n) is 5.79. The van der Waals surface area contributed by atoms with E-state index >= 15 is 0 Å². The molecule has 0 aromatic rings. The van der Waals surface area contributed by atoms with Gasteiger partial charge in [-0.3, -0.25) is 0 Å². The molecule has 1 fully saturated rings. The van der Waals surface area contributed by atoms with Crippen molar-refractivity contribution in [2.75, 3.05) is 19.8 Å². The monoisotopic (exact) mass is 199 g/mol. The van der Waals surface area contributed by atoms with Gasteiger partial charge in [0.1, 0.15) is 0 Å². The molecule has 1 atom stereocenters. The first kappa shape index (κ1) is 12.0. The largest absolute Gasteiger partial charge is 0.380 e. The highest BCUT2D eigenvalue weighted by molar-refractivity contribution is 4.94. The van der Waals surface area contributed by atoms with Crippen LogP contribution in [0, 0.1) is 23.2 Å². The minimum Gasteiger partial charge on any atom is -0.380 e. The van der Waals surface area contributed by atoms with Crippen LogP contribution < -0.4 is 5.73 Å². The second-order valence-corrected chi connectivity index (χ2v) is 5.54. The molecular formula is C12H25NO. The summed E-state index contributed by atoms with van der Waals surface area (Å²) in [6, 6.07) is 0. The van der Waals surface area contributed by atoms with Crippen LogP contribution in [0.3, 0.4) is 0 Å². The third kappa shape index (κ3) is 2.29. The Hall–Kier alpha value is -0.0800. The molecule has 0 saturated carbocycles. The average molecular weight is 199 g/mol. The van der Waals surface area contributed by atoms with Gasteiger partial charge in [-0.1, -0.05) is 27.7 Å². The van der Waals surface area contributed by atoms with E-state index in [2.05, 4.69) is 27.7 Å². The van der Waals surface area contributed by atoms with Gasteiger partial charge < -0.3 is 10.5 Å². The van der Waals surface area contributed by atoms with Gasteiger partial charge in [-0.15, -0.1) is 0 Å². The lowest BCUT2D eigenvalue weighted by atomic mass is 9.65. The van der Waals surface area contributed by atoms with Crippen LogP contribution in [0.25, 0.3) is 0 Å². The molecule has 0 spiro atoms. The van der Waals surface area contributed by atoms with Crippen LogP contribution in [0.5, 0.6) is 0 Å². The summed E-state index contributed by atoms with van der Waals surface area (Å²) in [6.45, 7) is 11.8. The van der Waals surface area contributed by atoms with Crippen molar-refractivity contribution in [2.24, 2.45) is 28.9 Å². The molecule has 0 aromatic heterocycles. The normalized spacial score (nSPS) is 22.5. The van der Waals surface area contributed by atoms with E-state index in [0.717, 1.165) is 25.7 Å². The molecule has 1 saturated heterocycles. The Labute approximate surface area is 88.2 Å². The Kier molecular flexibility index (Phi) is 3.96. The zero-order valence-corrected chi connectivity index (χ0v) is 10.0. The summed E-state index contributed by atoms with van der Waals surface area (Å²) in [4.78, 5) is 0. The third-order valence-corrected chi connectivity index (χ3v) is 3.44. The fraction of sp³-hybridized carbons (Fsp3) is 1.00. The van der Waals surface area contributed by atoms with Crippen molar-refractivity contribution in [3.63, 3.8) is 0 Å². The van der Waals surface area contributed by atoms with Gasteiger partial charge in [0.15, 0.2) is 0 Å². The molecule has 0 bridgehead atoms. The number of rotatable bonds is 5. The van der Waals surface area contributed by atoms with Crippen LogP contribution in [0.1, 0.15) is 34.1 Å². The van der Waals surface area contributed by atoms with Gasteiger partial charge in [0.05, 0.1) is 13.2 Å². The van der Waals surface area contributed by atoms with E-state index in [0.29, 0.717) is 17.3 Å². The summed E-state index contributed by atoms with van der Waals surface area (Å²) in [5, 5.41) is 0. The predicted octanol–water partition coefficient (Wildman–Crippen LogP) is 2.28. The van der Waals surface area contributed by atoms with E-state index in [1.54, 1.807) is 0 Å². The fourth-order valence-corrected chi connectivity index (χ4v) is 2.89. The van der Waals surface area contributed by atoms with Crippen LogP contribution in [-0.2, 0) is 4.74 Å². The number of nitrogens with two attached hydrogens (primary N) is 1. The van der Waals surface area contributed by atoms with Crippen LogP contribution in [0.15, 0.2) is 0 Å². The van der Waals surface area contributed by atoms with Gasteiger partial charge in [-0.2, -0.15) is 0 Å². The first-order chi connectivity index (χ1) is 6.52. The van der Waals surface area contributed by atoms with Gasteiger partial charge >= 0.3 is 0 Å². The molecule has 2 N–H and O–H groups in total. The van der Waals surface area contributed by atoms with Crippen LogP contribution >= 0.6 is 0 Å². The average Bonchev–Trinajstić information content (AvgIpc) is 1.99. The topological polar surface area (TPSA) is 35.2 Å². The van der Waals surface area contributed by atoms with Gasteiger partial charge in [0.25, 0.3) is 0 Å². The minimum atomic E-state index is 0.386. The summed E-state index contributed by atoms with van der Waals surface area (Å²) in [7, 11) is 0. The summed E-state index contributed by atoms with van der Waals surface area (Å²) in [6.07, 6.45) is 1.26. The lowest BCUT2D eigenvalue weighted by Crippen LogP contribution is -2.53. The van der Waals surface area contributed by atoms with Crippen molar-refractivity contribution in [3.05, 3.63) is 0 Å². The van der Waals surface area contributed by atoms with Crippen molar-refractivity contribution in [2.45, 2.75) is 34.1 Å². The molecule has 1 rings (SSSR count). The van der Waals surface area contributed by atoms with E-state index in [1.807, 2.05) is 0 Å². The van der Waals surface area contributed by atoms with Crippen LogP contribution in [0.4, 0.5) is 0 Å². The van der Waals surface area contributed by atoms with E-state index in [-0.39, 0.29) is 0 Å². The predicted molar refractivity (Wildman–Crippen MR) is 60.1 cm³/mol. The summed E-state index contributed by atoms with van der Waals surface area (Å²) < 4.78 is 5.42. The quantitative estimate of drug-likeness (QED) is 0.737. The maximum Gasteiger partial charge on any atom is 0.0548 e. The molecular weight excluding hydrogens is 174 g/mol. The number of hydrogen-bond acceptors (Lipinski definition) is 2. The molecule has 1 unspecified atom stereocenters. The Morgan fingerprint density at radius 1 is 1.21 bits per heavy atom. The van der Waals surface area contributed by atoms with Gasteiger partial charge in [-0.05, 0) is 30.7 Å². The Morgan fingerprint density at radius 3 is 2.00 bits per heavy atom. The van der Waals surface area contributed by atoms with Crippen LogP contribution in [0.2, 0.25) is 0 Å². The first-order valence-corrected chi connectivity index (χ1v) is 5.79. The highest BCUT2D eigenvalue weighted by atomic mass is 16.5. The number of ether oxygens (including phenoxy) is 1. The standard InChI is InChI=1S/C12H25NO/c1-9(2)5-12(7-14-8-12)11(6-13)10(3)4/h9-11H,5-8,13H2,1-4H3. The molecule has 1 aliphatic rings. The number of hydrogen-bond donors (Lipinski definition) is 1. The molecule has 0 radical (unpaired) electrons. The Balaban J connectivity index is 2.66. The van der Waals surface area contributed by atoms with Crippen molar-refractivity contribution in [3.8, 4) is 0 Å². The van der Waals surface area contributed by atoms with Gasteiger partial charge in [-0.25, -0.2) is 0 Å². The van der Waals surface area contributed by atoms with E-state index in [1.165, 1.54) is 6.42 Å². The zero-order valence-electron chi connectivity index (χ0n) is 10.0. The van der Waals surface area contributed by atoms with E-state index < -0.39 is 0 Å². The molecule has 0 aromatic carbocycles. The fourth-order valence-electron chi connectivity index (χ4n) is 2.89. The van der Waals surface area contributed by atoms with E-state index in [9.17, 15) is 0 Å². The summed E-state index contributed by atoms with van der Waals surface area (Å²) in [5.41, 5.74) is 6.28. The zero-order chi connectivity index (χ0) is 10.8. The molecule has 0 amide bonds. The van der Waals surface area contributed by atoms with Gasteiger partial charge in [0.2, 0.25) is 0 Å². The molecule has 1 heterocycles. The SMILES string of the molecule is CC(C)CC1(C(CN)C(C)C)COC1. The minimum absolute atomic E-state index is 0.386. The molecule has 14 heavy (non-hydrogen) atoms. The Morgan fingerprint density at radius 2 is 1.79 bits per heavy atom. The van der Waals surface area contributed by atoms with E-state index in [4.69, 9.17) is 10.5 Å². The molecule has 0 aliphatic carbocycles. The van der Waals surface area contributed by atoms with Gasteiger partial charge in [0, 0.05) is 5.41 Å². The summed E-state index contributed by atoms with van der Waals surface area (Å²) >= 11 is 0. The van der Waals surface area contributed by atoms with Crippen LogP contribution in [-0.4, -0.2) is 19.8 Å². The summed E-state index contributed by atoms with van der Waals surface area (Å²) in [5.74, 6) is 2.04. The second-order valence-electron chi connectivity index (χ2n) is 5.54. The molecule has 2 nitrogen and oxygen atoms in total. The molecule has 1 aliphatic heterocycles. The van der Waals surface area contributed by atoms with Crippen molar-refractivity contribution < 1.29 is 4.74 Å². The van der Waals surface area contributed by atoms with Crippen molar-refractivity contribution >= 4 is 0 Å². The van der Waals surface area contributed by atoms with Crippen molar-refractivity contribution in [1.29, 1.82) is 0 Å². The molecule has 84 valence electrons. The second kappa shape index (κ2) is 4.63. The maximum atomic E-state index is 5.89. The Bertz CT molecular complexity index is 173. The molecule has 2 heteroatoms. The highest BCUT2D eigenvalue weighted by Gasteiger charge is 2.46. The highest BCUT2D eigenvalue weighted by Crippen LogP contribution is 2.44. The lowest BCUT2D eigenvalue weighted by molar-refractivity contribution is -0.162. The third-order valence-electron chi connectivity index (χ3n) is 3.44.